The first kappa shape index (κ1) is 13.2. The van der Waals surface area contributed by atoms with Gasteiger partial charge in [0.15, 0.2) is 0 Å². The Morgan fingerprint density at radius 2 is 1.60 bits per heavy atom. The van der Waals surface area contributed by atoms with E-state index in [-0.39, 0.29) is 5.41 Å². The Balaban J connectivity index is 2.10. The van der Waals surface area contributed by atoms with Gasteiger partial charge >= 0.3 is 0 Å². The van der Waals surface area contributed by atoms with Crippen LogP contribution in [0.4, 0.5) is 0 Å². The van der Waals surface area contributed by atoms with Crippen LogP contribution >= 0.6 is 0 Å². The molecule has 1 heteroatoms. The Kier molecular flexibility index (Phi) is 3.52. The van der Waals surface area contributed by atoms with Crippen molar-refractivity contribution in [2.45, 2.75) is 38.0 Å². The maximum absolute atomic E-state index is 9.56. The first-order valence-electron chi connectivity index (χ1n) is 7.56. The van der Waals surface area contributed by atoms with Gasteiger partial charge in [-0.25, -0.2) is 0 Å². The zero-order valence-corrected chi connectivity index (χ0v) is 12.0. The lowest BCUT2D eigenvalue weighted by Crippen LogP contribution is -2.33. The molecule has 0 aliphatic heterocycles. The molecule has 1 nitrogen and oxygen atoms in total. The minimum absolute atomic E-state index is 0.118. The van der Waals surface area contributed by atoms with E-state index in [2.05, 4.69) is 49.4 Å². The SMILES string of the molecule is CC1CCCC(c2ccccc2)(c2ccc(O)cc2)C1. The lowest BCUT2D eigenvalue weighted by atomic mass is 9.63. The van der Waals surface area contributed by atoms with Gasteiger partial charge < -0.3 is 5.11 Å². The molecule has 2 atom stereocenters. The Bertz CT molecular complexity index is 558. The van der Waals surface area contributed by atoms with Crippen molar-refractivity contribution in [3.63, 3.8) is 0 Å². The molecule has 1 aliphatic carbocycles. The summed E-state index contributed by atoms with van der Waals surface area (Å²) in [5.41, 5.74) is 2.87. The molecule has 2 aromatic rings. The maximum Gasteiger partial charge on any atom is 0.115 e. The van der Waals surface area contributed by atoms with Crippen molar-refractivity contribution in [2.75, 3.05) is 0 Å². The van der Waals surface area contributed by atoms with Gasteiger partial charge in [0.05, 0.1) is 0 Å². The molecule has 0 saturated heterocycles. The summed E-state index contributed by atoms with van der Waals surface area (Å²) in [4.78, 5) is 0. The fourth-order valence-corrected chi connectivity index (χ4v) is 3.78. The molecule has 0 amide bonds. The third-order valence-corrected chi connectivity index (χ3v) is 4.74. The van der Waals surface area contributed by atoms with Crippen molar-refractivity contribution in [1.82, 2.24) is 0 Å². The van der Waals surface area contributed by atoms with Crippen LogP contribution in [0, 0.1) is 5.92 Å². The molecule has 1 saturated carbocycles. The number of rotatable bonds is 2. The van der Waals surface area contributed by atoms with Crippen LogP contribution in [0.3, 0.4) is 0 Å². The highest BCUT2D eigenvalue weighted by molar-refractivity contribution is 5.41. The molecule has 0 aromatic heterocycles. The largest absolute Gasteiger partial charge is 0.508 e. The van der Waals surface area contributed by atoms with Crippen LogP contribution in [0.25, 0.3) is 0 Å². The van der Waals surface area contributed by atoms with E-state index in [9.17, 15) is 5.11 Å². The molecule has 0 radical (unpaired) electrons. The molecule has 0 bridgehead atoms. The molecule has 3 rings (SSSR count). The van der Waals surface area contributed by atoms with E-state index in [1.54, 1.807) is 0 Å². The predicted octanol–water partition coefficient (Wildman–Crippen LogP) is 4.89. The van der Waals surface area contributed by atoms with E-state index in [0.29, 0.717) is 5.75 Å². The van der Waals surface area contributed by atoms with Gasteiger partial charge in [-0.05, 0) is 42.0 Å². The van der Waals surface area contributed by atoms with Crippen molar-refractivity contribution in [3.05, 3.63) is 65.7 Å². The fraction of sp³-hybridized carbons (Fsp3) is 0.368. The van der Waals surface area contributed by atoms with Gasteiger partial charge in [-0.1, -0.05) is 62.2 Å². The fourth-order valence-electron chi connectivity index (χ4n) is 3.78. The van der Waals surface area contributed by atoms with Gasteiger partial charge in [-0.2, -0.15) is 0 Å². The summed E-state index contributed by atoms with van der Waals surface area (Å²) < 4.78 is 0. The number of phenolic OH excluding ortho intramolecular Hbond substituents is 1. The summed E-state index contributed by atoms with van der Waals surface area (Å²) in [6.45, 7) is 2.36. The van der Waals surface area contributed by atoms with Gasteiger partial charge in [0.1, 0.15) is 5.75 Å². The van der Waals surface area contributed by atoms with E-state index in [0.717, 1.165) is 5.92 Å². The zero-order chi connectivity index (χ0) is 14.0. The highest BCUT2D eigenvalue weighted by Crippen LogP contribution is 2.46. The van der Waals surface area contributed by atoms with Gasteiger partial charge in [0.2, 0.25) is 0 Å². The van der Waals surface area contributed by atoms with Crippen molar-refractivity contribution in [3.8, 4) is 5.75 Å². The lowest BCUT2D eigenvalue weighted by molar-refractivity contribution is 0.272. The summed E-state index contributed by atoms with van der Waals surface area (Å²) in [6.07, 6.45) is 5.00. The standard InChI is InChI=1S/C19H22O/c1-15-6-5-13-19(14-15,16-7-3-2-4-8-16)17-9-11-18(20)12-10-17/h2-4,7-12,15,20H,5-6,13-14H2,1H3. The van der Waals surface area contributed by atoms with Gasteiger partial charge in [-0.15, -0.1) is 0 Å². The first-order valence-corrected chi connectivity index (χ1v) is 7.56. The van der Waals surface area contributed by atoms with E-state index >= 15 is 0 Å². The quantitative estimate of drug-likeness (QED) is 0.820. The number of aromatic hydroxyl groups is 1. The molecule has 1 fully saturated rings. The maximum atomic E-state index is 9.56. The Labute approximate surface area is 121 Å². The van der Waals surface area contributed by atoms with Crippen LogP contribution in [0.1, 0.15) is 43.7 Å². The summed E-state index contributed by atoms with van der Waals surface area (Å²) in [5.74, 6) is 1.10. The zero-order valence-electron chi connectivity index (χ0n) is 12.0. The van der Waals surface area contributed by atoms with E-state index in [1.165, 1.54) is 36.8 Å². The summed E-state index contributed by atoms with van der Waals surface area (Å²) in [5, 5.41) is 9.56. The summed E-state index contributed by atoms with van der Waals surface area (Å²) >= 11 is 0. The van der Waals surface area contributed by atoms with Gasteiger partial charge in [0.25, 0.3) is 0 Å². The third-order valence-electron chi connectivity index (χ3n) is 4.74. The van der Waals surface area contributed by atoms with Crippen molar-refractivity contribution >= 4 is 0 Å². The van der Waals surface area contributed by atoms with E-state index < -0.39 is 0 Å². The normalized spacial score (nSPS) is 26.4. The molecule has 2 unspecified atom stereocenters. The molecule has 2 aromatic carbocycles. The number of hydrogen-bond donors (Lipinski definition) is 1. The van der Waals surface area contributed by atoms with Crippen LogP contribution in [-0.2, 0) is 5.41 Å². The van der Waals surface area contributed by atoms with Crippen LogP contribution in [-0.4, -0.2) is 5.11 Å². The Morgan fingerprint density at radius 3 is 2.25 bits per heavy atom. The minimum atomic E-state index is 0.118. The minimum Gasteiger partial charge on any atom is -0.508 e. The molecule has 20 heavy (non-hydrogen) atoms. The number of phenols is 1. The van der Waals surface area contributed by atoms with Gasteiger partial charge in [0, 0.05) is 5.41 Å². The number of hydrogen-bond acceptors (Lipinski definition) is 1. The lowest BCUT2D eigenvalue weighted by Gasteiger charge is -2.41. The van der Waals surface area contributed by atoms with Crippen molar-refractivity contribution < 1.29 is 5.11 Å². The molecule has 1 N–H and O–H groups in total. The van der Waals surface area contributed by atoms with Crippen molar-refractivity contribution in [2.24, 2.45) is 5.92 Å². The third kappa shape index (κ3) is 2.33. The topological polar surface area (TPSA) is 20.2 Å². The van der Waals surface area contributed by atoms with E-state index in [4.69, 9.17) is 0 Å². The highest BCUT2D eigenvalue weighted by Gasteiger charge is 2.37. The second-order valence-corrected chi connectivity index (χ2v) is 6.20. The molecule has 0 spiro atoms. The van der Waals surface area contributed by atoms with Crippen LogP contribution in [0.5, 0.6) is 5.75 Å². The van der Waals surface area contributed by atoms with Crippen molar-refractivity contribution in [1.29, 1.82) is 0 Å². The molecular weight excluding hydrogens is 244 g/mol. The molecule has 0 heterocycles. The Hall–Kier alpha value is -1.76. The average Bonchev–Trinajstić information content (AvgIpc) is 2.49. The predicted molar refractivity (Wildman–Crippen MR) is 83.0 cm³/mol. The smallest absolute Gasteiger partial charge is 0.115 e. The second kappa shape index (κ2) is 5.32. The average molecular weight is 266 g/mol. The van der Waals surface area contributed by atoms with Crippen LogP contribution in [0.2, 0.25) is 0 Å². The summed E-state index contributed by atoms with van der Waals surface area (Å²) in [7, 11) is 0. The highest BCUT2D eigenvalue weighted by atomic mass is 16.3. The van der Waals surface area contributed by atoms with Gasteiger partial charge in [-0.3, -0.25) is 0 Å². The summed E-state index contributed by atoms with van der Waals surface area (Å²) in [6, 6.07) is 18.7. The number of benzene rings is 2. The van der Waals surface area contributed by atoms with Crippen LogP contribution < -0.4 is 0 Å². The Morgan fingerprint density at radius 1 is 0.950 bits per heavy atom. The second-order valence-electron chi connectivity index (χ2n) is 6.20. The van der Waals surface area contributed by atoms with E-state index in [1.807, 2.05) is 12.1 Å². The first-order chi connectivity index (χ1) is 9.71. The molecular formula is C19H22O. The molecule has 104 valence electrons. The molecule has 1 aliphatic rings. The van der Waals surface area contributed by atoms with Crippen LogP contribution in [0.15, 0.2) is 54.6 Å². The monoisotopic (exact) mass is 266 g/mol.